The molecule has 0 saturated carbocycles. The van der Waals surface area contributed by atoms with Gasteiger partial charge in [-0.1, -0.05) is 35.9 Å². The zero-order valence-electron chi connectivity index (χ0n) is 26.5. The molecule has 44 heavy (non-hydrogen) atoms. The minimum absolute atomic E-state index is 0.249. The maximum absolute atomic E-state index is 13.9. The second-order valence-electron chi connectivity index (χ2n) is 13.2. The number of hydrogen-bond acceptors (Lipinski definition) is 8. The Morgan fingerprint density at radius 2 is 1.27 bits per heavy atom. The number of esters is 2. The summed E-state index contributed by atoms with van der Waals surface area (Å²) < 4.78 is 41.1. The number of carbonyl (C=O) groups excluding carboxylic acids is 4. The van der Waals surface area contributed by atoms with E-state index in [9.17, 15) is 27.6 Å². The number of benzene rings is 2. The second-order valence-corrected chi connectivity index (χ2v) is 15.3. The number of rotatable bonds is 9. The van der Waals surface area contributed by atoms with Crippen LogP contribution < -0.4 is 4.72 Å². The molecule has 0 aromatic heterocycles. The van der Waals surface area contributed by atoms with E-state index >= 15 is 0 Å². The van der Waals surface area contributed by atoms with E-state index in [0.29, 0.717) is 10.6 Å². The third kappa shape index (κ3) is 7.59. The molecular formula is C31H40ClN3O8S. The fourth-order valence-electron chi connectivity index (χ4n) is 4.37. The number of urea groups is 1. The molecule has 0 unspecified atom stereocenters. The normalized spacial score (nSPS) is 15.9. The fraction of sp³-hybridized carbons (Fsp3) is 0.484. The van der Waals surface area contributed by atoms with Crippen LogP contribution in [0.3, 0.4) is 0 Å². The Kier molecular flexibility index (Phi) is 9.65. The van der Waals surface area contributed by atoms with E-state index in [-0.39, 0.29) is 4.90 Å². The van der Waals surface area contributed by atoms with Crippen molar-refractivity contribution < 1.29 is 37.1 Å². The van der Waals surface area contributed by atoms with Gasteiger partial charge in [0.15, 0.2) is 0 Å². The third-order valence-corrected chi connectivity index (χ3v) is 8.74. The standard InChI is InChI=1S/C31H40ClN3O8S/c1-28(2,3)42-25(37)31(26(38)43-29(4,5)6,18-19-35-24(36)30(7,8)34(9)27(35)39)33-44(40,41)23-16-12-21(13-17-23)20-10-14-22(32)15-11-20/h10-17,33H,18-19H2,1-9H3. The van der Waals surface area contributed by atoms with E-state index in [1.807, 2.05) is 0 Å². The van der Waals surface area contributed by atoms with Crippen molar-refractivity contribution >= 4 is 45.5 Å². The minimum Gasteiger partial charge on any atom is -0.458 e. The smallest absolute Gasteiger partial charge is 0.339 e. The van der Waals surface area contributed by atoms with Gasteiger partial charge >= 0.3 is 18.0 Å². The van der Waals surface area contributed by atoms with Crippen molar-refractivity contribution in [1.82, 2.24) is 14.5 Å². The Labute approximate surface area is 263 Å². The Morgan fingerprint density at radius 1 is 0.841 bits per heavy atom. The topological polar surface area (TPSA) is 139 Å². The van der Waals surface area contributed by atoms with Crippen molar-refractivity contribution in [3.05, 3.63) is 53.6 Å². The Bertz CT molecular complexity index is 1510. The van der Waals surface area contributed by atoms with Crippen molar-refractivity contribution in [2.75, 3.05) is 13.6 Å². The molecule has 1 heterocycles. The molecule has 1 fully saturated rings. The van der Waals surface area contributed by atoms with Crippen LogP contribution in [-0.4, -0.2) is 78.0 Å². The highest BCUT2D eigenvalue weighted by molar-refractivity contribution is 7.89. The number of amides is 3. The van der Waals surface area contributed by atoms with Gasteiger partial charge in [0.1, 0.15) is 16.7 Å². The van der Waals surface area contributed by atoms with Gasteiger partial charge in [-0.05, 0) is 90.8 Å². The summed E-state index contributed by atoms with van der Waals surface area (Å²) in [6.07, 6.45) is -0.652. The fourth-order valence-corrected chi connectivity index (χ4v) is 5.83. The van der Waals surface area contributed by atoms with E-state index in [4.69, 9.17) is 21.1 Å². The van der Waals surface area contributed by atoms with Crippen molar-refractivity contribution in [3.8, 4) is 11.1 Å². The average Bonchev–Trinajstić information content (AvgIpc) is 3.03. The van der Waals surface area contributed by atoms with Gasteiger partial charge in [-0.15, -0.1) is 0 Å². The lowest BCUT2D eigenvalue weighted by atomic mass is 9.95. The summed E-state index contributed by atoms with van der Waals surface area (Å²) >= 11 is 5.98. The van der Waals surface area contributed by atoms with Gasteiger partial charge in [0.25, 0.3) is 5.91 Å². The molecule has 1 aliphatic rings. The lowest BCUT2D eigenvalue weighted by Crippen LogP contribution is -2.64. The van der Waals surface area contributed by atoms with Gasteiger partial charge in [-0.3, -0.25) is 9.69 Å². The molecule has 1 aliphatic heterocycles. The van der Waals surface area contributed by atoms with Crippen LogP contribution >= 0.6 is 11.6 Å². The molecule has 0 spiro atoms. The Morgan fingerprint density at radius 3 is 1.66 bits per heavy atom. The highest BCUT2D eigenvalue weighted by Gasteiger charge is 2.56. The predicted molar refractivity (Wildman–Crippen MR) is 165 cm³/mol. The lowest BCUT2D eigenvalue weighted by molar-refractivity contribution is -0.178. The number of likely N-dealkylation sites (N-methyl/N-ethyl adjacent to an activating group) is 1. The van der Waals surface area contributed by atoms with Crippen LogP contribution in [0.25, 0.3) is 11.1 Å². The third-order valence-electron chi connectivity index (χ3n) is 6.98. The number of nitrogens with zero attached hydrogens (tertiary/aromatic N) is 2. The molecule has 13 heteroatoms. The maximum Gasteiger partial charge on any atom is 0.339 e. The number of imide groups is 1. The van der Waals surface area contributed by atoms with Gasteiger partial charge in [0.05, 0.1) is 4.90 Å². The summed E-state index contributed by atoms with van der Waals surface area (Å²) in [5, 5.41) is 0.547. The monoisotopic (exact) mass is 649 g/mol. The van der Waals surface area contributed by atoms with Crippen LogP contribution in [0.4, 0.5) is 4.79 Å². The second kappa shape index (κ2) is 12.1. The maximum atomic E-state index is 13.9. The number of nitrogens with one attached hydrogen (secondary N) is 1. The molecule has 240 valence electrons. The first kappa shape index (κ1) is 35.0. The van der Waals surface area contributed by atoms with Crippen LogP contribution in [0.15, 0.2) is 53.4 Å². The van der Waals surface area contributed by atoms with Crippen molar-refractivity contribution in [2.45, 2.75) is 89.0 Å². The van der Waals surface area contributed by atoms with Crippen LogP contribution in [0.2, 0.25) is 5.02 Å². The highest BCUT2D eigenvalue weighted by Crippen LogP contribution is 2.31. The van der Waals surface area contributed by atoms with Gasteiger partial charge in [-0.25, -0.2) is 22.8 Å². The first-order valence-corrected chi connectivity index (χ1v) is 15.8. The van der Waals surface area contributed by atoms with Gasteiger partial charge in [0, 0.05) is 25.0 Å². The molecule has 3 amide bonds. The summed E-state index contributed by atoms with van der Waals surface area (Å²) in [5.41, 5.74) is -4.65. The molecule has 1 saturated heterocycles. The summed E-state index contributed by atoms with van der Waals surface area (Å²) in [7, 11) is -3.15. The zero-order chi connectivity index (χ0) is 33.5. The van der Waals surface area contributed by atoms with Crippen LogP contribution in [0.5, 0.6) is 0 Å². The largest absolute Gasteiger partial charge is 0.458 e. The summed E-state index contributed by atoms with van der Waals surface area (Å²) in [6.45, 7) is 12.0. The highest BCUT2D eigenvalue weighted by atomic mass is 35.5. The number of halogens is 1. The SMILES string of the molecule is CN1C(=O)N(CCC(NS(=O)(=O)c2ccc(-c3ccc(Cl)cc3)cc2)(C(=O)OC(C)(C)C)C(=O)OC(C)(C)C)C(=O)C1(C)C. The van der Waals surface area contributed by atoms with Gasteiger partial charge < -0.3 is 14.4 Å². The van der Waals surface area contributed by atoms with Crippen LogP contribution in [0.1, 0.15) is 61.8 Å². The van der Waals surface area contributed by atoms with Crippen LogP contribution in [-0.2, 0) is 33.9 Å². The van der Waals surface area contributed by atoms with Gasteiger partial charge in [0.2, 0.25) is 15.6 Å². The summed E-state index contributed by atoms with van der Waals surface area (Å²) in [5.74, 6) is -3.06. The number of carbonyl (C=O) groups is 4. The Balaban J connectivity index is 2.10. The van der Waals surface area contributed by atoms with Crippen LogP contribution in [0, 0.1) is 0 Å². The lowest BCUT2D eigenvalue weighted by Gasteiger charge is -2.35. The van der Waals surface area contributed by atoms with E-state index < -0.39 is 69.1 Å². The predicted octanol–water partition coefficient (Wildman–Crippen LogP) is 4.77. The van der Waals surface area contributed by atoms with Crippen molar-refractivity contribution in [2.24, 2.45) is 0 Å². The van der Waals surface area contributed by atoms with E-state index in [2.05, 4.69) is 4.72 Å². The number of hydrogen-bond donors (Lipinski definition) is 1. The van der Waals surface area contributed by atoms with Crippen molar-refractivity contribution in [3.63, 3.8) is 0 Å². The number of ether oxygens (including phenoxy) is 2. The molecule has 0 atom stereocenters. The quantitative estimate of drug-likeness (QED) is 0.233. The Hall–Kier alpha value is -3.48. The molecule has 11 nitrogen and oxygen atoms in total. The zero-order valence-corrected chi connectivity index (χ0v) is 28.1. The van der Waals surface area contributed by atoms with E-state index in [1.54, 1.807) is 91.8 Å². The van der Waals surface area contributed by atoms with E-state index in [0.717, 1.165) is 10.5 Å². The molecule has 3 rings (SSSR count). The number of sulfonamides is 1. The van der Waals surface area contributed by atoms with E-state index in [1.165, 1.54) is 24.1 Å². The molecular weight excluding hydrogens is 610 g/mol. The minimum atomic E-state index is -4.60. The average molecular weight is 650 g/mol. The molecule has 2 aromatic rings. The van der Waals surface area contributed by atoms with Crippen molar-refractivity contribution in [1.29, 1.82) is 0 Å². The molecule has 2 aromatic carbocycles. The molecule has 0 aliphatic carbocycles. The molecule has 1 N–H and O–H groups in total. The first-order valence-electron chi connectivity index (χ1n) is 14.0. The van der Waals surface area contributed by atoms with Gasteiger partial charge in [-0.2, -0.15) is 4.72 Å². The summed E-state index contributed by atoms with van der Waals surface area (Å²) in [4.78, 5) is 55.7. The molecule has 0 bridgehead atoms. The summed E-state index contributed by atoms with van der Waals surface area (Å²) in [6, 6.07) is 12.1. The first-order chi connectivity index (χ1) is 20.0. The molecule has 0 radical (unpaired) electrons.